The van der Waals surface area contributed by atoms with Crippen molar-refractivity contribution >= 4 is 11.5 Å². The normalized spacial score (nSPS) is 15.5. The van der Waals surface area contributed by atoms with Gasteiger partial charge in [0.05, 0.1) is 22.6 Å². The molecule has 4 heteroatoms. The summed E-state index contributed by atoms with van der Waals surface area (Å²) < 4.78 is 1.94. The van der Waals surface area contributed by atoms with Gasteiger partial charge in [-0.05, 0) is 36.1 Å². The molecule has 1 aromatic heterocycles. The van der Waals surface area contributed by atoms with Crippen LogP contribution in [0.2, 0.25) is 0 Å². The van der Waals surface area contributed by atoms with E-state index in [1.165, 1.54) is 0 Å². The highest BCUT2D eigenvalue weighted by Crippen LogP contribution is 2.40. The van der Waals surface area contributed by atoms with Crippen LogP contribution in [0.3, 0.4) is 0 Å². The Kier molecular flexibility index (Phi) is 4.14. The number of anilines is 1. The van der Waals surface area contributed by atoms with Crippen LogP contribution < -0.4 is 4.90 Å². The molecular formula is C23H25N3O. The van der Waals surface area contributed by atoms with Crippen LogP contribution in [-0.4, -0.2) is 29.7 Å². The molecule has 27 heavy (non-hydrogen) atoms. The predicted molar refractivity (Wildman–Crippen MR) is 110 cm³/mol. The lowest BCUT2D eigenvalue weighted by molar-refractivity contribution is 0.0912. The Morgan fingerprint density at radius 3 is 2.26 bits per heavy atom. The van der Waals surface area contributed by atoms with Crippen LogP contribution in [0.1, 0.15) is 36.3 Å². The topological polar surface area (TPSA) is 38.1 Å². The summed E-state index contributed by atoms with van der Waals surface area (Å²) in [7, 11) is 4.05. The van der Waals surface area contributed by atoms with E-state index in [0.29, 0.717) is 6.42 Å². The van der Waals surface area contributed by atoms with Crippen molar-refractivity contribution in [2.24, 2.45) is 5.41 Å². The van der Waals surface area contributed by atoms with Crippen molar-refractivity contribution in [2.75, 3.05) is 19.0 Å². The summed E-state index contributed by atoms with van der Waals surface area (Å²) in [5, 5.41) is 4.89. The highest BCUT2D eigenvalue weighted by molar-refractivity contribution is 6.04. The van der Waals surface area contributed by atoms with Gasteiger partial charge in [-0.25, -0.2) is 4.68 Å². The number of aromatic nitrogens is 2. The monoisotopic (exact) mass is 359 g/mol. The molecule has 1 heterocycles. The van der Waals surface area contributed by atoms with Crippen LogP contribution in [0.25, 0.3) is 16.9 Å². The van der Waals surface area contributed by atoms with Crippen LogP contribution in [0.4, 0.5) is 5.69 Å². The van der Waals surface area contributed by atoms with Crippen molar-refractivity contribution in [3.8, 4) is 16.9 Å². The van der Waals surface area contributed by atoms with Gasteiger partial charge in [-0.3, -0.25) is 4.79 Å². The molecule has 0 radical (unpaired) electrons. The number of ketones is 1. The van der Waals surface area contributed by atoms with Gasteiger partial charge in [0.25, 0.3) is 0 Å². The molecule has 1 aliphatic carbocycles. The van der Waals surface area contributed by atoms with Crippen molar-refractivity contribution in [3.05, 3.63) is 65.9 Å². The smallest absolute Gasteiger partial charge is 0.167 e. The van der Waals surface area contributed by atoms with Gasteiger partial charge in [-0.1, -0.05) is 44.2 Å². The molecule has 0 unspecified atom stereocenters. The highest BCUT2D eigenvalue weighted by atomic mass is 16.1. The zero-order chi connectivity index (χ0) is 19.2. The molecule has 2 aromatic carbocycles. The standard InChI is InChI=1S/C23H25N3O/c1-23(2)14-19-21(20(27)15-23)22(16-10-12-17(13-11-16)25(3)4)26(24-19)18-8-6-5-7-9-18/h5-13H,14-15H2,1-4H3. The van der Waals surface area contributed by atoms with Crippen LogP contribution in [0.15, 0.2) is 54.6 Å². The fourth-order valence-electron chi connectivity index (χ4n) is 3.86. The maximum atomic E-state index is 13.1. The third kappa shape index (κ3) is 3.16. The van der Waals surface area contributed by atoms with Gasteiger partial charge in [0.15, 0.2) is 5.78 Å². The van der Waals surface area contributed by atoms with Crippen molar-refractivity contribution in [2.45, 2.75) is 26.7 Å². The van der Waals surface area contributed by atoms with Crippen molar-refractivity contribution < 1.29 is 4.79 Å². The minimum absolute atomic E-state index is 0.0496. The van der Waals surface area contributed by atoms with Crippen LogP contribution in [0.5, 0.6) is 0 Å². The van der Waals surface area contributed by atoms with E-state index in [2.05, 4.69) is 43.0 Å². The number of para-hydroxylation sites is 1. The third-order valence-electron chi connectivity index (χ3n) is 5.18. The molecule has 0 amide bonds. The quantitative estimate of drug-likeness (QED) is 0.677. The van der Waals surface area contributed by atoms with E-state index in [4.69, 9.17) is 5.10 Å². The first-order valence-corrected chi connectivity index (χ1v) is 9.34. The van der Waals surface area contributed by atoms with Gasteiger partial charge in [-0.2, -0.15) is 5.10 Å². The zero-order valence-electron chi connectivity index (χ0n) is 16.4. The molecule has 0 spiro atoms. The van der Waals surface area contributed by atoms with Gasteiger partial charge in [-0.15, -0.1) is 0 Å². The Morgan fingerprint density at radius 2 is 1.63 bits per heavy atom. The number of hydrogen-bond acceptors (Lipinski definition) is 3. The first kappa shape index (κ1) is 17.5. The second-order valence-electron chi connectivity index (χ2n) is 8.30. The molecule has 0 N–H and O–H groups in total. The Labute approximate surface area is 160 Å². The van der Waals surface area contributed by atoms with Crippen LogP contribution in [0, 0.1) is 5.41 Å². The lowest BCUT2D eigenvalue weighted by Crippen LogP contribution is -2.26. The second kappa shape index (κ2) is 6.38. The maximum Gasteiger partial charge on any atom is 0.167 e. The third-order valence-corrected chi connectivity index (χ3v) is 5.18. The van der Waals surface area contributed by atoms with Gasteiger partial charge in [0, 0.05) is 31.8 Å². The Morgan fingerprint density at radius 1 is 0.963 bits per heavy atom. The first-order valence-electron chi connectivity index (χ1n) is 9.34. The number of benzene rings is 2. The molecule has 3 aromatic rings. The Hall–Kier alpha value is -2.88. The predicted octanol–water partition coefficient (Wildman–Crippen LogP) is 4.76. The fourth-order valence-corrected chi connectivity index (χ4v) is 3.86. The summed E-state index contributed by atoms with van der Waals surface area (Å²) in [5.74, 6) is 0.190. The van der Waals surface area contributed by atoms with E-state index in [0.717, 1.165) is 40.3 Å². The highest BCUT2D eigenvalue weighted by Gasteiger charge is 2.36. The molecule has 0 atom stereocenters. The number of Topliss-reactive ketones (excluding diaryl/α,β-unsaturated/α-hetero) is 1. The van der Waals surface area contributed by atoms with E-state index in [1.807, 2.05) is 49.1 Å². The SMILES string of the molecule is CN(C)c1ccc(-c2c3c(nn2-c2ccccc2)CC(C)(C)CC3=O)cc1. The zero-order valence-corrected chi connectivity index (χ0v) is 16.4. The second-order valence-corrected chi connectivity index (χ2v) is 8.30. The number of hydrogen-bond donors (Lipinski definition) is 0. The lowest BCUT2D eigenvalue weighted by Gasteiger charge is -2.27. The summed E-state index contributed by atoms with van der Waals surface area (Å²) in [6, 6.07) is 18.4. The molecule has 4 rings (SSSR count). The molecule has 0 fully saturated rings. The van der Waals surface area contributed by atoms with Crippen LogP contribution >= 0.6 is 0 Å². The van der Waals surface area contributed by atoms with Gasteiger partial charge >= 0.3 is 0 Å². The minimum Gasteiger partial charge on any atom is -0.378 e. The van der Waals surface area contributed by atoms with E-state index in [9.17, 15) is 4.79 Å². The lowest BCUT2D eigenvalue weighted by atomic mass is 9.75. The van der Waals surface area contributed by atoms with Crippen LogP contribution in [-0.2, 0) is 6.42 Å². The largest absolute Gasteiger partial charge is 0.378 e. The number of nitrogens with zero attached hydrogens (tertiary/aromatic N) is 3. The van der Waals surface area contributed by atoms with Gasteiger partial charge in [0.1, 0.15) is 0 Å². The van der Waals surface area contributed by atoms with Crippen molar-refractivity contribution in [1.82, 2.24) is 9.78 Å². The molecule has 0 aliphatic heterocycles. The molecule has 0 saturated carbocycles. The molecule has 0 saturated heterocycles. The summed E-state index contributed by atoms with van der Waals surface area (Å²) in [6.45, 7) is 4.28. The Bertz CT molecular complexity index is 982. The van der Waals surface area contributed by atoms with E-state index in [-0.39, 0.29) is 11.2 Å². The molecule has 0 bridgehead atoms. The molecule has 4 nitrogen and oxygen atoms in total. The minimum atomic E-state index is -0.0496. The number of rotatable bonds is 3. The summed E-state index contributed by atoms with van der Waals surface area (Å²) >= 11 is 0. The Balaban J connectivity index is 1.94. The van der Waals surface area contributed by atoms with Crippen molar-refractivity contribution in [3.63, 3.8) is 0 Å². The van der Waals surface area contributed by atoms with E-state index >= 15 is 0 Å². The van der Waals surface area contributed by atoms with E-state index < -0.39 is 0 Å². The van der Waals surface area contributed by atoms with Gasteiger partial charge in [0.2, 0.25) is 0 Å². The number of carbonyl (C=O) groups is 1. The average molecular weight is 359 g/mol. The molecular weight excluding hydrogens is 334 g/mol. The van der Waals surface area contributed by atoms with Crippen molar-refractivity contribution in [1.29, 1.82) is 0 Å². The summed E-state index contributed by atoms with van der Waals surface area (Å²) in [6.07, 6.45) is 1.37. The first-order chi connectivity index (χ1) is 12.9. The number of carbonyl (C=O) groups excluding carboxylic acids is 1. The molecule has 138 valence electrons. The average Bonchev–Trinajstić information content (AvgIpc) is 3.01. The van der Waals surface area contributed by atoms with E-state index in [1.54, 1.807) is 0 Å². The molecule has 1 aliphatic rings. The maximum absolute atomic E-state index is 13.1. The fraction of sp³-hybridized carbons (Fsp3) is 0.304. The van der Waals surface area contributed by atoms with Gasteiger partial charge < -0.3 is 4.90 Å². The summed E-state index contributed by atoms with van der Waals surface area (Å²) in [5.41, 5.74) is 5.68. The summed E-state index contributed by atoms with van der Waals surface area (Å²) in [4.78, 5) is 15.1. The number of fused-ring (bicyclic) bond motifs is 1.